The van der Waals surface area contributed by atoms with Crippen molar-refractivity contribution in [1.82, 2.24) is 5.32 Å². The molecule has 2 aliphatic heterocycles. The van der Waals surface area contributed by atoms with Gasteiger partial charge in [0.1, 0.15) is 0 Å². The van der Waals surface area contributed by atoms with Crippen LogP contribution in [-0.2, 0) is 0 Å². The lowest BCUT2D eigenvalue weighted by Gasteiger charge is -2.22. The Labute approximate surface area is 102 Å². The van der Waals surface area contributed by atoms with E-state index in [4.69, 9.17) is 4.99 Å². The maximum absolute atomic E-state index is 4.83. The van der Waals surface area contributed by atoms with Crippen molar-refractivity contribution in [3.05, 3.63) is 42.0 Å². The molecule has 0 aliphatic carbocycles. The summed E-state index contributed by atoms with van der Waals surface area (Å²) < 4.78 is 0. The molecular formula is C15H18N2. The minimum atomic E-state index is 0.703. The van der Waals surface area contributed by atoms with Gasteiger partial charge in [0, 0.05) is 18.1 Å². The predicted octanol–water partition coefficient (Wildman–Crippen LogP) is 2.87. The minimum absolute atomic E-state index is 0.703. The second kappa shape index (κ2) is 4.84. The Morgan fingerprint density at radius 3 is 2.59 bits per heavy atom. The summed E-state index contributed by atoms with van der Waals surface area (Å²) in [6.07, 6.45) is 5.81. The van der Waals surface area contributed by atoms with Crippen molar-refractivity contribution in [2.75, 3.05) is 13.1 Å². The third kappa shape index (κ3) is 2.32. The van der Waals surface area contributed by atoms with Crippen molar-refractivity contribution in [2.45, 2.75) is 19.3 Å². The van der Waals surface area contributed by atoms with Crippen LogP contribution in [0.1, 0.15) is 24.8 Å². The molecule has 0 unspecified atom stereocenters. The first-order valence-corrected chi connectivity index (χ1v) is 6.47. The van der Waals surface area contributed by atoms with E-state index < -0.39 is 0 Å². The van der Waals surface area contributed by atoms with Crippen LogP contribution < -0.4 is 5.32 Å². The van der Waals surface area contributed by atoms with Gasteiger partial charge in [-0.25, -0.2) is 0 Å². The van der Waals surface area contributed by atoms with Gasteiger partial charge in [-0.05, 0) is 31.5 Å². The van der Waals surface area contributed by atoms with Gasteiger partial charge >= 0.3 is 0 Å². The van der Waals surface area contributed by atoms with Gasteiger partial charge in [0.2, 0.25) is 0 Å². The summed E-state index contributed by atoms with van der Waals surface area (Å²) in [5, 5.41) is 3.41. The molecule has 1 saturated heterocycles. The maximum Gasteiger partial charge on any atom is 0.0665 e. The van der Waals surface area contributed by atoms with E-state index >= 15 is 0 Å². The number of nitrogens with zero attached hydrogens (tertiary/aromatic N) is 1. The standard InChI is InChI=1S/C15H18N2/c1-2-4-12(5-3-1)14-6-7-15(17-14)13-8-10-16-11-9-13/h1-6,13,16H,7-11H2. The third-order valence-corrected chi connectivity index (χ3v) is 3.65. The van der Waals surface area contributed by atoms with Crippen LogP contribution in [0.2, 0.25) is 0 Å². The second-order valence-corrected chi connectivity index (χ2v) is 4.79. The fourth-order valence-electron chi connectivity index (χ4n) is 2.65. The van der Waals surface area contributed by atoms with Gasteiger partial charge in [-0.15, -0.1) is 0 Å². The van der Waals surface area contributed by atoms with E-state index in [-0.39, 0.29) is 0 Å². The Hall–Kier alpha value is -1.41. The number of rotatable bonds is 2. The Bertz CT molecular complexity index is 439. The SMILES string of the molecule is C1=C(c2ccccc2)N=C(C2CCNCC2)C1. The molecule has 0 saturated carbocycles. The number of aliphatic imine (C=N–C) groups is 1. The summed E-state index contributed by atoms with van der Waals surface area (Å²) in [4.78, 5) is 4.83. The summed E-state index contributed by atoms with van der Waals surface area (Å²) in [6, 6.07) is 10.5. The number of benzene rings is 1. The molecule has 2 heterocycles. The van der Waals surface area contributed by atoms with Crippen molar-refractivity contribution >= 4 is 11.4 Å². The van der Waals surface area contributed by atoms with E-state index in [1.165, 1.54) is 29.8 Å². The molecule has 1 aromatic rings. The molecular weight excluding hydrogens is 208 g/mol. The first-order valence-electron chi connectivity index (χ1n) is 6.47. The summed E-state index contributed by atoms with van der Waals surface area (Å²) >= 11 is 0. The van der Waals surface area contributed by atoms with Crippen LogP contribution in [0.4, 0.5) is 0 Å². The second-order valence-electron chi connectivity index (χ2n) is 4.79. The lowest BCUT2D eigenvalue weighted by atomic mass is 9.92. The van der Waals surface area contributed by atoms with E-state index in [0.717, 1.165) is 19.5 Å². The molecule has 17 heavy (non-hydrogen) atoms. The average molecular weight is 226 g/mol. The highest BCUT2D eigenvalue weighted by Gasteiger charge is 2.21. The first-order chi connectivity index (χ1) is 8.43. The van der Waals surface area contributed by atoms with E-state index in [1.54, 1.807) is 0 Å². The zero-order valence-corrected chi connectivity index (χ0v) is 10.0. The molecule has 0 atom stereocenters. The van der Waals surface area contributed by atoms with Gasteiger partial charge in [-0.2, -0.15) is 0 Å². The fraction of sp³-hybridized carbons (Fsp3) is 0.400. The highest BCUT2D eigenvalue weighted by molar-refractivity contribution is 5.97. The normalized spacial score (nSPS) is 21.2. The highest BCUT2D eigenvalue weighted by atomic mass is 14.9. The molecule has 2 heteroatoms. The summed E-state index contributed by atoms with van der Waals surface area (Å²) in [6.45, 7) is 2.29. The molecule has 2 aliphatic rings. The summed E-state index contributed by atoms with van der Waals surface area (Å²) in [7, 11) is 0. The third-order valence-electron chi connectivity index (χ3n) is 3.65. The molecule has 3 rings (SSSR count). The van der Waals surface area contributed by atoms with E-state index in [2.05, 4.69) is 41.7 Å². The van der Waals surface area contributed by atoms with Crippen molar-refractivity contribution in [1.29, 1.82) is 0 Å². The average Bonchev–Trinajstić information content (AvgIpc) is 2.90. The molecule has 0 aromatic heterocycles. The van der Waals surface area contributed by atoms with Crippen molar-refractivity contribution in [2.24, 2.45) is 10.9 Å². The van der Waals surface area contributed by atoms with Crippen LogP contribution in [0, 0.1) is 5.92 Å². The van der Waals surface area contributed by atoms with Gasteiger partial charge in [0.25, 0.3) is 0 Å². The van der Waals surface area contributed by atoms with Crippen LogP contribution in [0.25, 0.3) is 5.70 Å². The van der Waals surface area contributed by atoms with Gasteiger partial charge in [-0.1, -0.05) is 36.4 Å². The van der Waals surface area contributed by atoms with E-state index in [0.29, 0.717) is 5.92 Å². The van der Waals surface area contributed by atoms with Crippen molar-refractivity contribution < 1.29 is 0 Å². The lowest BCUT2D eigenvalue weighted by molar-refractivity contribution is 0.454. The molecule has 1 aromatic carbocycles. The van der Waals surface area contributed by atoms with Gasteiger partial charge in [-0.3, -0.25) is 4.99 Å². The number of nitrogens with one attached hydrogen (secondary N) is 1. The van der Waals surface area contributed by atoms with Gasteiger partial charge in [0.05, 0.1) is 5.70 Å². The number of allylic oxidation sites excluding steroid dienone is 1. The Morgan fingerprint density at radius 2 is 1.82 bits per heavy atom. The van der Waals surface area contributed by atoms with E-state index in [1.807, 2.05) is 0 Å². The molecule has 0 amide bonds. The van der Waals surface area contributed by atoms with E-state index in [9.17, 15) is 0 Å². The topological polar surface area (TPSA) is 24.4 Å². The Morgan fingerprint density at radius 1 is 1.06 bits per heavy atom. The summed E-state index contributed by atoms with van der Waals surface area (Å²) in [5.74, 6) is 0.703. The number of hydrogen-bond acceptors (Lipinski definition) is 2. The molecule has 88 valence electrons. The van der Waals surface area contributed by atoms with Crippen LogP contribution in [0.3, 0.4) is 0 Å². The van der Waals surface area contributed by atoms with Crippen molar-refractivity contribution in [3.63, 3.8) is 0 Å². The van der Waals surface area contributed by atoms with Crippen LogP contribution >= 0.6 is 0 Å². The highest BCUT2D eigenvalue weighted by Crippen LogP contribution is 2.27. The fourth-order valence-corrected chi connectivity index (χ4v) is 2.65. The molecule has 1 N–H and O–H groups in total. The lowest BCUT2D eigenvalue weighted by Crippen LogP contribution is -2.31. The molecule has 0 spiro atoms. The zero-order chi connectivity index (χ0) is 11.5. The monoisotopic (exact) mass is 226 g/mol. The molecule has 0 radical (unpaired) electrons. The van der Waals surface area contributed by atoms with Crippen LogP contribution in [0.15, 0.2) is 41.4 Å². The Balaban J connectivity index is 1.75. The van der Waals surface area contributed by atoms with Crippen LogP contribution in [-0.4, -0.2) is 18.8 Å². The van der Waals surface area contributed by atoms with Crippen LogP contribution in [0.5, 0.6) is 0 Å². The first kappa shape index (κ1) is 10.7. The zero-order valence-electron chi connectivity index (χ0n) is 10.0. The van der Waals surface area contributed by atoms with Gasteiger partial charge < -0.3 is 5.32 Å². The maximum atomic E-state index is 4.83. The summed E-state index contributed by atoms with van der Waals surface area (Å²) in [5.41, 5.74) is 3.81. The smallest absolute Gasteiger partial charge is 0.0665 e. The largest absolute Gasteiger partial charge is 0.317 e. The number of hydrogen-bond donors (Lipinski definition) is 1. The Kier molecular flexibility index (Phi) is 3.06. The minimum Gasteiger partial charge on any atom is -0.317 e. The number of piperidine rings is 1. The van der Waals surface area contributed by atoms with Gasteiger partial charge in [0.15, 0.2) is 0 Å². The molecule has 2 nitrogen and oxygen atoms in total. The quantitative estimate of drug-likeness (QED) is 0.824. The molecule has 0 bridgehead atoms. The molecule has 1 fully saturated rings. The van der Waals surface area contributed by atoms with Crippen molar-refractivity contribution in [3.8, 4) is 0 Å². The predicted molar refractivity (Wildman–Crippen MR) is 72.1 cm³/mol.